The number of carbonyl (C=O) groups excluding carboxylic acids is 3. The first-order valence-electron chi connectivity index (χ1n) is 26.2. The van der Waals surface area contributed by atoms with E-state index in [0.29, 0.717) is 32.1 Å². The van der Waals surface area contributed by atoms with Crippen LogP contribution in [0.4, 0.5) is 0 Å². The Morgan fingerprint density at radius 2 is 1.26 bits per heavy atom. The van der Waals surface area contributed by atoms with Crippen LogP contribution in [0, 0.1) is 5.92 Å². The molecule has 22 unspecified atom stereocenters. The third-order valence-corrected chi connectivity index (χ3v) is 14.4. The van der Waals surface area contributed by atoms with Gasteiger partial charge >= 0.3 is 17.9 Å². The van der Waals surface area contributed by atoms with Crippen LogP contribution in [0.3, 0.4) is 0 Å². The fourth-order valence-electron chi connectivity index (χ4n) is 9.45. The van der Waals surface area contributed by atoms with Crippen molar-refractivity contribution in [2.75, 3.05) is 13.2 Å². The maximum Gasteiger partial charge on any atom is 0.333 e. The summed E-state index contributed by atoms with van der Waals surface area (Å²) in [5.41, 5.74) is 0.186. The summed E-state index contributed by atoms with van der Waals surface area (Å²) in [4.78, 5) is 40.5. The average Bonchev–Trinajstić information content (AvgIpc) is 3.36. The van der Waals surface area contributed by atoms with Crippen LogP contribution in [0.25, 0.3) is 0 Å². The van der Waals surface area contributed by atoms with Gasteiger partial charge in [-0.05, 0) is 53.4 Å². The first-order valence-corrected chi connectivity index (χ1v) is 26.2. The number of aliphatic hydroxyl groups is 8. The number of fused-ring (bicyclic) bond motifs is 4. The van der Waals surface area contributed by atoms with Crippen molar-refractivity contribution in [2.24, 2.45) is 5.92 Å². The molecule has 0 saturated carbocycles. The van der Waals surface area contributed by atoms with Crippen molar-refractivity contribution in [1.29, 1.82) is 0 Å². The largest absolute Gasteiger partial charge is 0.455 e. The van der Waals surface area contributed by atoms with Crippen LogP contribution in [0.2, 0.25) is 0 Å². The SMILES string of the molecule is C/C=C(/C)C(=O)OC1C(CO)OC(OC2C(C)OC3OC4C(OC(CO)C(O)C4O)OC4C(OC(CCCCC)CCCCCCCCCC(=O)OC2C3OC(=O)C(C)CC)OC(C)C(O)C4O)C(O)C1O. The van der Waals surface area contributed by atoms with E-state index in [0.717, 1.165) is 51.4 Å². The molecule has 0 radical (unpaired) electrons. The highest BCUT2D eigenvalue weighted by atomic mass is 16.8. The number of hydrogen-bond donors (Lipinski definition) is 8. The minimum absolute atomic E-state index is 0.0728. The molecule has 2 bridgehead atoms. The number of aliphatic hydroxyl groups excluding tert-OH is 8. The van der Waals surface area contributed by atoms with Gasteiger partial charge in [0.25, 0.3) is 0 Å². The van der Waals surface area contributed by atoms with Crippen LogP contribution < -0.4 is 0 Å². The van der Waals surface area contributed by atoms with Crippen LogP contribution in [-0.4, -0.2) is 201 Å². The number of rotatable bonds is 13. The van der Waals surface area contributed by atoms with Gasteiger partial charge in [0.2, 0.25) is 0 Å². The number of carbonyl (C=O) groups is 3. The molecule has 5 fully saturated rings. The zero-order valence-corrected chi connectivity index (χ0v) is 42.9. The summed E-state index contributed by atoms with van der Waals surface area (Å²) in [7, 11) is 0. The molecule has 22 heteroatoms. The van der Waals surface area contributed by atoms with Gasteiger partial charge in [-0.2, -0.15) is 0 Å². The summed E-state index contributed by atoms with van der Waals surface area (Å²) >= 11 is 0. The molecule has 0 spiro atoms. The highest BCUT2D eigenvalue weighted by molar-refractivity contribution is 5.87. The zero-order valence-electron chi connectivity index (χ0n) is 42.9. The van der Waals surface area contributed by atoms with Crippen molar-refractivity contribution in [3.05, 3.63) is 11.6 Å². The maximum absolute atomic E-state index is 14.0. The molecule has 0 aromatic rings. The average molecular weight is 1040 g/mol. The monoisotopic (exact) mass is 1040 g/mol. The number of ether oxygens (including phenoxy) is 11. The summed E-state index contributed by atoms with van der Waals surface area (Å²) in [6, 6.07) is 0. The second-order valence-electron chi connectivity index (χ2n) is 19.9. The number of esters is 3. The highest BCUT2D eigenvalue weighted by Crippen LogP contribution is 2.38. The molecule has 22 atom stereocenters. The molecule has 0 aromatic carbocycles. The quantitative estimate of drug-likeness (QED) is 0.0560. The van der Waals surface area contributed by atoms with Crippen LogP contribution in [-0.2, 0) is 66.5 Å². The smallest absolute Gasteiger partial charge is 0.333 e. The Labute approximate surface area is 422 Å². The lowest BCUT2D eigenvalue weighted by Crippen LogP contribution is -2.68. The third-order valence-electron chi connectivity index (χ3n) is 14.4. The van der Waals surface area contributed by atoms with Crippen molar-refractivity contribution in [1.82, 2.24) is 0 Å². The number of hydrogen-bond acceptors (Lipinski definition) is 22. The van der Waals surface area contributed by atoms with E-state index in [9.17, 15) is 55.2 Å². The van der Waals surface area contributed by atoms with Gasteiger partial charge in [0.05, 0.1) is 37.4 Å². The molecule has 5 aliphatic rings. The molecular weight excluding hydrogens is 953 g/mol. The zero-order chi connectivity index (χ0) is 52.8. The lowest BCUT2D eigenvalue weighted by Gasteiger charge is -2.50. The van der Waals surface area contributed by atoms with Gasteiger partial charge < -0.3 is 93.0 Å². The molecular formula is C50H84O22. The van der Waals surface area contributed by atoms with Crippen LogP contribution in [0.1, 0.15) is 138 Å². The van der Waals surface area contributed by atoms with Crippen molar-refractivity contribution < 1.29 is 107 Å². The molecule has 0 aromatic heterocycles. The van der Waals surface area contributed by atoms with Gasteiger partial charge in [-0.1, -0.05) is 84.6 Å². The van der Waals surface area contributed by atoms with E-state index >= 15 is 0 Å². The highest BCUT2D eigenvalue weighted by Gasteiger charge is 2.58. The van der Waals surface area contributed by atoms with E-state index in [4.69, 9.17) is 52.1 Å². The van der Waals surface area contributed by atoms with Gasteiger partial charge in [-0.3, -0.25) is 9.59 Å². The van der Waals surface area contributed by atoms with E-state index in [1.165, 1.54) is 19.9 Å². The van der Waals surface area contributed by atoms with Crippen LogP contribution in [0.5, 0.6) is 0 Å². The lowest BCUT2D eigenvalue weighted by molar-refractivity contribution is -0.399. The molecule has 72 heavy (non-hydrogen) atoms. The fourth-order valence-corrected chi connectivity index (χ4v) is 9.45. The molecule has 0 aliphatic carbocycles. The summed E-state index contributed by atoms with van der Waals surface area (Å²) in [5, 5.41) is 89.3. The maximum atomic E-state index is 14.0. The molecule has 5 heterocycles. The molecule has 5 rings (SSSR count). The molecule has 22 nitrogen and oxygen atoms in total. The van der Waals surface area contributed by atoms with E-state index in [1.807, 2.05) is 0 Å². The van der Waals surface area contributed by atoms with Gasteiger partial charge in [0.1, 0.15) is 67.1 Å². The minimum Gasteiger partial charge on any atom is -0.455 e. The van der Waals surface area contributed by atoms with E-state index in [1.54, 1.807) is 27.7 Å². The predicted octanol–water partition coefficient (Wildman–Crippen LogP) is 1.47. The molecule has 5 aliphatic heterocycles. The molecule has 5 saturated heterocycles. The predicted molar refractivity (Wildman–Crippen MR) is 250 cm³/mol. The van der Waals surface area contributed by atoms with Crippen molar-refractivity contribution >= 4 is 17.9 Å². The lowest BCUT2D eigenvalue weighted by atomic mass is 9.95. The molecule has 0 amide bonds. The number of unbranched alkanes of at least 4 members (excludes halogenated alkanes) is 2. The Kier molecular flexibility index (Phi) is 24.4. The van der Waals surface area contributed by atoms with E-state index in [2.05, 4.69) is 6.92 Å². The minimum atomic E-state index is -1.95. The Balaban J connectivity index is 1.56. The standard InChI is InChI=1S/C50H84O22/c1-8-11-17-20-29-21-18-15-13-12-14-16-19-22-32(53)67-43-39(70-47-38(59)37(58)40(31(24-52)66-47)68-45(60)25(4)9-2)28(7)63-50(44(43)69-46(61)26(5)10-3)72-42-36(57)34(55)30(23-51)65-49(42)71-41-35(56)33(54)27(6)62-48(41)64-29/h9,26-31,33-44,47-52,54-59H,8,10-24H2,1-7H3/b25-9-. The molecule has 416 valence electrons. The van der Waals surface area contributed by atoms with Gasteiger partial charge in [0.15, 0.2) is 43.5 Å². The molecule has 8 N–H and O–H groups in total. The normalized spacial score (nSPS) is 41.8. The first-order chi connectivity index (χ1) is 34.4. The third kappa shape index (κ3) is 15.6. The van der Waals surface area contributed by atoms with Crippen LogP contribution in [0.15, 0.2) is 11.6 Å². The van der Waals surface area contributed by atoms with E-state index in [-0.39, 0.29) is 18.1 Å². The topological polar surface area (TPSA) is 315 Å². The summed E-state index contributed by atoms with van der Waals surface area (Å²) in [6.45, 7) is 9.93. The fraction of sp³-hybridized carbons (Fsp3) is 0.900. The van der Waals surface area contributed by atoms with Gasteiger partial charge in [-0.25, -0.2) is 4.79 Å². The van der Waals surface area contributed by atoms with Crippen molar-refractivity contribution in [2.45, 2.75) is 267 Å². The van der Waals surface area contributed by atoms with Crippen molar-refractivity contribution in [3.8, 4) is 0 Å². The Hall–Kier alpha value is -2.49. The van der Waals surface area contributed by atoms with Crippen molar-refractivity contribution in [3.63, 3.8) is 0 Å². The van der Waals surface area contributed by atoms with Crippen LogP contribution >= 0.6 is 0 Å². The summed E-state index contributed by atoms with van der Waals surface area (Å²) < 4.78 is 68.0. The van der Waals surface area contributed by atoms with Gasteiger partial charge in [-0.15, -0.1) is 0 Å². The summed E-state index contributed by atoms with van der Waals surface area (Å²) in [5.74, 6) is -3.11. The first kappa shape index (κ1) is 60.4. The Morgan fingerprint density at radius 1 is 0.653 bits per heavy atom. The Bertz CT molecular complexity index is 1680. The number of allylic oxidation sites excluding steroid dienone is 1. The second kappa shape index (κ2) is 29.1. The summed E-state index contributed by atoms with van der Waals surface area (Å²) in [6.07, 6.45) is -21.3. The van der Waals surface area contributed by atoms with Gasteiger partial charge in [0, 0.05) is 12.0 Å². The second-order valence-corrected chi connectivity index (χ2v) is 19.9. The van der Waals surface area contributed by atoms with E-state index < -0.39 is 160 Å². The Morgan fingerprint density at radius 3 is 1.90 bits per heavy atom.